The molecule has 6 nitrogen and oxygen atoms in total. The Balaban J connectivity index is 1.84. The highest BCUT2D eigenvalue weighted by Gasteiger charge is 2.27. The van der Waals surface area contributed by atoms with Gasteiger partial charge in [-0.3, -0.25) is 4.79 Å². The second kappa shape index (κ2) is 6.75. The zero-order valence-corrected chi connectivity index (χ0v) is 11.4. The van der Waals surface area contributed by atoms with E-state index in [2.05, 4.69) is 10.6 Å². The third-order valence-electron chi connectivity index (χ3n) is 4.09. The van der Waals surface area contributed by atoms with E-state index >= 15 is 0 Å². The van der Waals surface area contributed by atoms with Gasteiger partial charge in [0.15, 0.2) is 0 Å². The first-order valence-corrected chi connectivity index (χ1v) is 7.22. The van der Waals surface area contributed by atoms with Crippen molar-refractivity contribution in [1.82, 2.24) is 15.5 Å². The van der Waals surface area contributed by atoms with Gasteiger partial charge in [0.05, 0.1) is 0 Å². The third kappa shape index (κ3) is 4.09. The lowest BCUT2D eigenvalue weighted by Crippen LogP contribution is -2.54. The summed E-state index contributed by atoms with van der Waals surface area (Å²) < 4.78 is 0. The molecule has 1 heterocycles. The van der Waals surface area contributed by atoms with E-state index in [1.54, 1.807) is 4.90 Å². The molecule has 108 valence electrons. The quantitative estimate of drug-likeness (QED) is 0.672. The molecule has 3 amide bonds. The van der Waals surface area contributed by atoms with Gasteiger partial charge in [0.2, 0.25) is 5.91 Å². The molecule has 4 N–H and O–H groups in total. The lowest BCUT2D eigenvalue weighted by Gasteiger charge is -2.29. The van der Waals surface area contributed by atoms with Crippen molar-refractivity contribution in [3.05, 3.63) is 0 Å². The average molecular weight is 268 g/mol. The first kappa shape index (κ1) is 14.1. The van der Waals surface area contributed by atoms with Crippen LogP contribution in [0.1, 0.15) is 32.1 Å². The Morgan fingerprint density at radius 1 is 1.26 bits per heavy atom. The fourth-order valence-electron chi connectivity index (χ4n) is 2.93. The van der Waals surface area contributed by atoms with Crippen LogP contribution in [0.15, 0.2) is 0 Å². The summed E-state index contributed by atoms with van der Waals surface area (Å²) >= 11 is 0. The van der Waals surface area contributed by atoms with E-state index in [-0.39, 0.29) is 6.03 Å². The fourth-order valence-corrected chi connectivity index (χ4v) is 2.93. The van der Waals surface area contributed by atoms with Gasteiger partial charge in [-0.05, 0) is 12.3 Å². The van der Waals surface area contributed by atoms with E-state index in [0.29, 0.717) is 25.4 Å². The second-order valence-electron chi connectivity index (χ2n) is 5.53. The van der Waals surface area contributed by atoms with Gasteiger partial charge in [0.25, 0.3) is 0 Å². The third-order valence-corrected chi connectivity index (χ3v) is 4.09. The summed E-state index contributed by atoms with van der Waals surface area (Å²) in [4.78, 5) is 25.3. The van der Waals surface area contributed by atoms with Crippen LogP contribution in [0.3, 0.4) is 0 Å². The number of rotatable bonds is 4. The summed E-state index contributed by atoms with van der Waals surface area (Å²) in [7, 11) is 0. The molecule has 19 heavy (non-hydrogen) atoms. The molecule has 2 fully saturated rings. The van der Waals surface area contributed by atoms with Crippen LogP contribution in [-0.4, -0.2) is 49.1 Å². The molecular weight excluding hydrogens is 244 g/mol. The van der Waals surface area contributed by atoms with E-state index in [1.807, 2.05) is 0 Å². The Hall–Kier alpha value is -1.30. The molecule has 0 radical (unpaired) electrons. The van der Waals surface area contributed by atoms with Gasteiger partial charge in [-0.25, -0.2) is 4.79 Å². The molecule has 1 atom stereocenters. The summed E-state index contributed by atoms with van der Waals surface area (Å²) in [5.41, 5.74) is 5.41. The summed E-state index contributed by atoms with van der Waals surface area (Å²) in [6.07, 6.45) is 5.43. The molecule has 0 bridgehead atoms. The maximum atomic E-state index is 12.1. The van der Waals surface area contributed by atoms with Crippen molar-refractivity contribution in [2.24, 2.45) is 11.7 Å². The minimum absolute atomic E-state index is 0.164. The maximum absolute atomic E-state index is 12.1. The molecule has 6 heteroatoms. The fraction of sp³-hybridized carbons (Fsp3) is 0.846. The molecule has 0 aromatic carbocycles. The van der Waals surface area contributed by atoms with Gasteiger partial charge in [-0.15, -0.1) is 0 Å². The minimum atomic E-state index is -0.523. The first-order chi connectivity index (χ1) is 9.16. The molecule has 0 spiro atoms. The van der Waals surface area contributed by atoms with E-state index < -0.39 is 11.9 Å². The van der Waals surface area contributed by atoms with E-state index in [9.17, 15) is 9.59 Å². The van der Waals surface area contributed by atoms with Gasteiger partial charge >= 0.3 is 6.03 Å². The highest BCUT2D eigenvalue weighted by Crippen LogP contribution is 2.28. The average Bonchev–Trinajstić information content (AvgIpc) is 2.91. The normalized spacial score (nSPS) is 22.2. The summed E-state index contributed by atoms with van der Waals surface area (Å²) in [6.45, 7) is 2.97. The van der Waals surface area contributed by atoms with Gasteiger partial charge in [0, 0.05) is 26.2 Å². The zero-order chi connectivity index (χ0) is 13.7. The van der Waals surface area contributed by atoms with Gasteiger partial charge < -0.3 is 21.3 Å². The summed E-state index contributed by atoms with van der Waals surface area (Å²) in [5.74, 6) is 0.108. The molecular formula is C13H24N4O2. The van der Waals surface area contributed by atoms with Gasteiger partial charge in [-0.2, -0.15) is 0 Å². The van der Waals surface area contributed by atoms with Crippen molar-refractivity contribution in [3.8, 4) is 0 Å². The van der Waals surface area contributed by atoms with Crippen molar-refractivity contribution < 1.29 is 9.59 Å². The van der Waals surface area contributed by atoms with Crippen molar-refractivity contribution in [1.29, 1.82) is 0 Å². The maximum Gasteiger partial charge on any atom is 0.318 e. The molecule has 1 aliphatic carbocycles. The predicted molar refractivity (Wildman–Crippen MR) is 72.5 cm³/mol. The molecule has 1 unspecified atom stereocenters. The number of carbonyl (C=O) groups excluding carboxylic acids is 2. The highest BCUT2D eigenvalue weighted by molar-refractivity contribution is 5.85. The van der Waals surface area contributed by atoms with Crippen molar-refractivity contribution in [2.75, 3.05) is 26.2 Å². The van der Waals surface area contributed by atoms with Crippen LogP contribution >= 0.6 is 0 Å². The molecule has 2 aliphatic rings. The number of nitrogens with two attached hydrogens (primary N) is 1. The van der Waals surface area contributed by atoms with Crippen molar-refractivity contribution >= 4 is 11.9 Å². The van der Waals surface area contributed by atoms with Crippen LogP contribution in [-0.2, 0) is 4.79 Å². The number of carbonyl (C=O) groups is 2. The number of primary amides is 1. The Bertz CT molecular complexity index is 323. The zero-order valence-electron chi connectivity index (χ0n) is 11.4. The number of amides is 3. The number of piperazine rings is 1. The van der Waals surface area contributed by atoms with Gasteiger partial charge in [-0.1, -0.05) is 25.7 Å². The van der Waals surface area contributed by atoms with Crippen LogP contribution < -0.4 is 16.4 Å². The predicted octanol–water partition coefficient (Wildman–Crippen LogP) is 0.0354. The Labute approximate surface area is 114 Å². The molecule has 0 aromatic heterocycles. The van der Waals surface area contributed by atoms with Gasteiger partial charge in [0.1, 0.15) is 6.04 Å². The minimum Gasteiger partial charge on any atom is -0.368 e. The van der Waals surface area contributed by atoms with E-state index in [4.69, 9.17) is 5.73 Å². The first-order valence-electron chi connectivity index (χ1n) is 7.22. The molecule has 2 rings (SSSR count). The lowest BCUT2D eigenvalue weighted by molar-refractivity contribution is -0.120. The summed E-state index contributed by atoms with van der Waals surface area (Å²) in [5, 5.41) is 5.99. The number of urea groups is 1. The van der Waals surface area contributed by atoms with Crippen LogP contribution in [0, 0.1) is 5.92 Å². The van der Waals surface area contributed by atoms with E-state index in [1.165, 1.54) is 12.8 Å². The molecule has 1 aliphatic heterocycles. The van der Waals surface area contributed by atoms with Crippen molar-refractivity contribution in [2.45, 2.75) is 38.1 Å². The highest BCUT2D eigenvalue weighted by atomic mass is 16.2. The molecule has 0 aromatic rings. The Kier molecular flexibility index (Phi) is 5.01. The number of nitrogens with zero attached hydrogens (tertiary/aromatic N) is 1. The standard InChI is InChI=1S/C13H24N4O2/c14-12(18)11(9-10-3-1-2-4-10)16-13(19)17-7-5-15-6-8-17/h10-11,15H,1-9H2,(H2,14,18)(H,16,19). The van der Waals surface area contributed by atoms with Crippen molar-refractivity contribution in [3.63, 3.8) is 0 Å². The van der Waals surface area contributed by atoms with Crippen LogP contribution in [0.2, 0.25) is 0 Å². The van der Waals surface area contributed by atoms with Crippen LogP contribution in [0.5, 0.6) is 0 Å². The molecule has 1 saturated heterocycles. The SMILES string of the molecule is NC(=O)C(CC1CCCC1)NC(=O)N1CCNCC1. The largest absolute Gasteiger partial charge is 0.368 e. The smallest absolute Gasteiger partial charge is 0.318 e. The number of hydrogen-bond donors (Lipinski definition) is 3. The Morgan fingerprint density at radius 2 is 1.89 bits per heavy atom. The number of hydrogen-bond acceptors (Lipinski definition) is 3. The second-order valence-corrected chi connectivity index (χ2v) is 5.53. The number of nitrogens with one attached hydrogen (secondary N) is 2. The summed E-state index contributed by atoms with van der Waals surface area (Å²) in [6, 6.07) is -0.686. The van der Waals surface area contributed by atoms with Crippen LogP contribution in [0.25, 0.3) is 0 Å². The monoisotopic (exact) mass is 268 g/mol. The van der Waals surface area contributed by atoms with Crippen LogP contribution in [0.4, 0.5) is 4.79 Å². The lowest BCUT2D eigenvalue weighted by atomic mass is 9.98. The Morgan fingerprint density at radius 3 is 2.47 bits per heavy atom. The topological polar surface area (TPSA) is 87.5 Å². The molecule has 1 saturated carbocycles. The van der Waals surface area contributed by atoms with E-state index in [0.717, 1.165) is 25.9 Å².